The van der Waals surface area contributed by atoms with Crippen LogP contribution in [0.4, 0.5) is 0 Å². The average molecular weight is 270 g/mol. The third kappa shape index (κ3) is 2.77. The van der Waals surface area contributed by atoms with E-state index in [1.165, 1.54) is 11.8 Å². The molecule has 0 bridgehead atoms. The fraction of sp³-hybridized carbons (Fsp3) is 0.300. The largest absolute Gasteiger partial charge is 0.324 e. The summed E-state index contributed by atoms with van der Waals surface area (Å²) >= 11 is 7.61. The summed E-state index contributed by atoms with van der Waals surface area (Å²) in [5.41, 5.74) is 6.80. The molecule has 2 N–H and O–H groups in total. The second kappa shape index (κ2) is 5.03. The lowest BCUT2D eigenvalue weighted by atomic mass is 10.1. The number of rotatable bonds is 3. The van der Waals surface area contributed by atoms with Gasteiger partial charge in [-0.15, -0.1) is 5.10 Å². The van der Waals surface area contributed by atoms with E-state index in [4.69, 9.17) is 17.3 Å². The van der Waals surface area contributed by atoms with Gasteiger partial charge in [0.05, 0.1) is 5.02 Å². The van der Waals surface area contributed by atoms with E-state index < -0.39 is 0 Å². The van der Waals surface area contributed by atoms with Crippen LogP contribution in [0.25, 0.3) is 0 Å². The topological polar surface area (TPSA) is 69.6 Å². The first-order chi connectivity index (χ1) is 8.08. The molecule has 0 spiro atoms. The van der Waals surface area contributed by atoms with Crippen LogP contribution in [0.3, 0.4) is 0 Å². The number of tetrazole rings is 1. The highest BCUT2D eigenvalue weighted by Crippen LogP contribution is 2.32. The average Bonchev–Trinajstić information content (AvgIpc) is 2.67. The van der Waals surface area contributed by atoms with Gasteiger partial charge in [0.2, 0.25) is 5.16 Å². The van der Waals surface area contributed by atoms with Crippen LogP contribution in [0, 0.1) is 0 Å². The Morgan fingerprint density at radius 2 is 2.24 bits per heavy atom. The quantitative estimate of drug-likeness (QED) is 0.923. The van der Waals surface area contributed by atoms with Crippen LogP contribution in [0.15, 0.2) is 28.3 Å². The first kappa shape index (κ1) is 12.3. The Labute approximate surface area is 108 Å². The zero-order chi connectivity index (χ0) is 12.4. The summed E-state index contributed by atoms with van der Waals surface area (Å²) in [5.74, 6) is 0. The van der Waals surface area contributed by atoms with Gasteiger partial charge in [0.1, 0.15) is 0 Å². The van der Waals surface area contributed by atoms with Crippen molar-refractivity contribution in [1.29, 1.82) is 0 Å². The van der Waals surface area contributed by atoms with Crippen molar-refractivity contribution in [3.05, 3.63) is 28.8 Å². The molecule has 90 valence electrons. The Bertz CT molecular complexity index is 525. The molecule has 2 aromatic rings. The highest BCUT2D eigenvalue weighted by molar-refractivity contribution is 7.99. The third-order valence-electron chi connectivity index (χ3n) is 2.26. The summed E-state index contributed by atoms with van der Waals surface area (Å²) < 4.78 is 1.60. The first-order valence-corrected chi connectivity index (χ1v) is 6.22. The van der Waals surface area contributed by atoms with E-state index >= 15 is 0 Å². The molecule has 1 atom stereocenters. The summed E-state index contributed by atoms with van der Waals surface area (Å²) in [4.78, 5) is 0.911. The van der Waals surface area contributed by atoms with E-state index in [0.717, 1.165) is 10.5 Å². The Morgan fingerprint density at radius 1 is 1.47 bits per heavy atom. The molecule has 2 rings (SSSR count). The van der Waals surface area contributed by atoms with Crippen molar-refractivity contribution < 1.29 is 0 Å². The van der Waals surface area contributed by atoms with E-state index in [0.29, 0.717) is 10.2 Å². The number of nitrogens with two attached hydrogens (primary N) is 1. The first-order valence-electron chi connectivity index (χ1n) is 5.03. The van der Waals surface area contributed by atoms with Gasteiger partial charge in [0.15, 0.2) is 0 Å². The lowest BCUT2D eigenvalue weighted by molar-refractivity contribution is 0.664. The molecule has 0 aliphatic carbocycles. The van der Waals surface area contributed by atoms with Gasteiger partial charge < -0.3 is 5.73 Å². The molecule has 0 amide bonds. The highest BCUT2D eigenvalue weighted by Gasteiger charge is 2.09. The monoisotopic (exact) mass is 269 g/mol. The number of hydrogen-bond donors (Lipinski definition) is 1. The molecule has 0 saturated heterocycles. The van der Waals surface area contributed by atoms with Crippen molar-refractivity contribution >= 4 is 23.4 Å². The molecule has 0 aliphatic rings. The van der Waals surface area contributed by atoms with E-state index in [-0.39, 0.29) is 6.04 Å². The van der Waals surface area contributed by atoms with Crippen molar-refractivity contribution in [2.75, 3.05) is 0 Å². The van der Waals surface area contributed by atoms with E-state index in [2.05, 4.69) is 15.5 Å². The van der Waals surface area contributed by atoms with Crippen molar-refractivity contribution in [2.45, 2.75) is 23.0 Å². The summed E-state index contributed by atoms with van der Waals surface area (Å²) in [6.07, 6.45) is 0. The molecule has 5 nitrogen and oxygen atoms in total. The Hall–Kier alpha value is -1.11. The number of aromatic nitrogens is 4. The number of aryl methyl sites for hydroxylation is 1. The van der Waals surface area contributed by atoms with Gasteiger partial charge in [-0.05, 0) is 46.8 Å². The zero-order valence-electron chi connectivity index (χ0n) is 9.46. The van der Waals surface area contributed by atoms with Gasteiger partial charge in [-0.25, -0.2) is 4.68 Å². The molecule has 7 heteroatoms. The normalized spacial score (nSPS) is 12.7. The van der Waals surface area contributed by atoms with Gasteiger partial charge in [-0.1, -0.05) is 17.7 Å². The molecular formula is C10H12ClN5S. The lowest BCUT2D eigenvalue weighted by Crippen LogP contribution is -2.04. The number of benzene rings is 1. The summed E-state index contributed by atoms with van der Waals surface area (Å²) in [6, 6.07) is 5.74. The Balaban J connectivity index is 2.26. The second-order valence-electron chi connectivity index (χ2n) is 3.67. The molecule has 0 radical (unpaired) electrons. The molecule has 0 saturated carbocycles. The predicted octanol–water partition coefficient (Wildman–Crippen LogP) is 2.03. The van der Waals surface area contributed by atoms with Crippen LogP contribution in [0.5, 0.6) is 0 Å². The second-order valence-corrected chi connectivity index (χ2v) is 5.08. The molecule has 1 heterocycles. The highest BCUT2D eigenvalue weighted by atomic mass is 35.5. The molecule has 1 aromatic carbocycles. The van der Waals surface area contributed by atoms with Gasteiger partial charge in [-0.3, -0.25) is 0 Å². The SMILES string of the molecule is CC(N)c1ccc(Sc2nnnn2C)c(Cl)c1. The minimum atomic E-state index is -0.0250. The summed E-state index contributed by atoms with van der Waals surface area (Å²) in [7, 11) is 1.78. The molecule has 0 fully saturated rings. The molecular weight excluding hydrogens is 258 g/mol. The third-order valence-corrected chi connectivity index (χ3v) is 3.79. The smallest absolute Gasteiger partial charge is 0.213 e. The van der Waals surface area contributed by atoms with Crippen molar-refractivity contribution in [2.24, 2.45) is 12.8 Å². The zero-order valence-corrected chi connectivity index (χ0v) is 11.0. The standard InChI is InChI=1S/C10H12ClN5S/c1-6(12)7-3-4-9(8(11)5-7)17-10-13-14-15-16(10)2/h3-6H,12H2,1-2H3. The van der Waals surface area contributed by atoms with E-state index in [9.17, 15) is 0 Å². The Kier molecular flexibility index (Phi) is 3.66. The van der Waals surface area contributed by atoms with Crippen LogP contribution in [-0.4, -0.2) is 20.2 Å². The number of hydrogen-bond acceptors (Lipinski definition) is 5. The predicted molar refractivity (Wildman–Crippen MR) is 67.0 cm³/mol. The van der Waals surface area contributed by atoms with Crippen LogP contribution in [0.2, 0.25) is 5.02 Å². The van der Waals surface area contributed by atoms with Gasteiger partial charge in [0.25, 0.3) is 0 Å². The summed E-state index contributed by atoms with van der Waals surface area (Å²) in [5, 5.41) is 12.6. The van der Waals surface area contributed by atoms with E-state index in [1.807, 2.05) is 25.1 Å². The van der Waals surface area contributed by atoms with Gasteiger partial charge >= 0.3 is 0 Å². The molecule has 17 heavy (non-hydrogen) atoms. The van der Waals surface area contributed by atoms with Crippen molar-refractivity contribution in [1.82, 2.24) is 20.2 Å². The maximum Gasteiger partial charge on any atom is 0.213 e. The minimum Gasteiger partial charge on any atom is -0.324 e. The fourth-order valence-corrected chi connectivity index (χ4v) is 2.33. The Morgan fingerprint density at radius 3 is 2.76 bits per heavy atom. The number of nitrogens with zero attached hydrogens (tertiary/aromatic N) is 4. The maximum atomic E-state index is 6.19. The lowest BCUT2D eigenvalue weighted by Gasteiger charge is -2.08. The minimum absolute atomic E-state index is 0.0250. The van der Waals surface area contributed by atoms with Crippen LogP contribution in [-0.2, 0) is 7.05 Å². The van der Waals surface area contributed by atoms with Crippen LogP contribution in [0.1, 0.15) is 18.5 Å². The molecule has 0 aliphatic heterocycles. The summed E-state index contributed by atoms with van der Waals surface area (Å²) in [6.45, 7) is 1.92. The van der Waals surface area contributed by atoms with Gasteiger partial charge in [-0.2, -0.15) is 0 Å². The number of halogens is 1. The molecule has 1 unspecified atom stereocenters. The van der Waals surface area contributed by atoms with Crippen molar-refractivity contribution in [3.8, 4) is 0 Å². The maximum absolute atomic E-state index is 6.19. The van der Waals surface area contributed by atoms with Crippen molar-refractivity contribution in [3.63, 3.8) is 0 Å². The van der Waals surface area contributed by atoms with Crippen LogP contribution < -0.4 is 5.73 Å². The fourth-order valence-electron chi connectivity index (χ4n) is 1.29. The molecule has 1 aromatic heterocycles. The van der Waals surface area contributed by atoms with Gasteiger partial charge in [0, 0.05) is 18.0 Å². The van der Waals surface area contributed by atoms with E-state index in [1.54, 1.807) is 11.7 Å². The van der Waals surface area contributed by atoms with Crippen LogP contribution >= 0.6 is 23.4 Å².